The van der Waals surface area contributed by atoms with Gasteiger partial charge in [0.15, 0.2) is 0 Å². The van der Waals surface area contributed by atoms with Gasteiger partial charge in [-0.3, -0.25) is 9.36 Å². The van der Waals surface area contributed by atoms with E-state index in [9.17, 15) is 9.36 Å². The third-order valence-electron chi connectivity index (χ3n) is 1.23. The van der Waals surface area contributed by atoms with E-state index in [0.717, 1.165) is 0 Å². The Labute approximate surface area is 64.5 Å². The summed E-state index contributed by atoms with van der Waals surface area (Å²) in [6, 6.07) is 8.07. The molecule has 1 unspecified atom stereocenters. The van der Waals surface area contributed by atoms with Crippen LogP contribution in [0.4, 0.5) is 0 Å². The van der Waals surface area contributed by atoms with E-state index in [1.165, 1.54) is 12.1 Å². The average Bonchev–Trinajstić information content (AvgIpc) is 2.05. The normalized spacial score (nSPS) is 12.5. The molecule has 0 spiro atoms. The maximum absolute atomic E-state index is 10.8. The highest BCUT2D eigenvalue weighted by Gasteiger charge is 2.08. The molecule has 11 heavy (non-hydrogen) atoms. The average molecular weight is 170 g/mol. The smallest absolute Gasteiger partial charge is 0.257 e. The minimum atomic E-state index is -3.05. The molecule has 58 valence electrons. The van der Waals surface area contributed by atoms with Crippen LogP contribution in [0.3, 0.4) is 0 Å². The van der Waals surface area contributed by atoms with Gasteiger partial charge in [0, 0.05) is 5.56 Å². The van der Waals surface area contributed by atoms with Gasteiger partial charge >= 0.3 is 0 Å². The number of rotatable bonds is 2. The molecule has 1 rings (SSSR count). The molecule has 1 aromatic rings. The Morgan fingerprint density at radius 1 is 1.27 bits per heavy atom. The number of hydrogen-bond acceptors (Lipinski definition) is 2. The van der Waals surface area contributed by atoms with E-state index in [1.807, 2.05) is 0 Å². The summed E-state index contributed by atoms with van der Waals surface area (Å²) >= 11 is 0. The molecule has 0 aliphatic carbocycles. The van der Waals surface area contributed by atoms with Crippen LogP contribution in [0.15, 0.2) is 30.3 Å². The van der Waals surface area contributed by atoms with Gasteiger partial charge in [0.1, 0.15) is 0 Å². The van der Waals surface area contributed by atoms with Gasteiger partial charge in [0.25, 0.3) is 8.03 Å². The second-order valence-corrected chi connectivity index (χ2v) is 3.06. The first-order chi connectivity index (χ1) is 5.22. The molecule has 3 nitrogen and oxygen atoms in total. The van der Waals surface area contributed by atoms with E-state index < -0.39 is 13.6 Å². The van der Waals surface area contributed by atoms with Gasteiger partial charge in [-0.25, -0.2) is 0 Å². The molecule has 1 N–H and O–H groups in total. The molecule has 0 fully saturated rings. The Hall–Kier alpha value is -0.920. The van der Waals surface area contributed by atoms with E-state index in [-0.39, 0.29) is 0 Å². The molecule has 4 heteroatoms. The third kappa shape index (κ3) is 2.00. The predicted octanol–water partition coefficient (Wildman–Crippen LogP) is 1.29. The fourth-order valence-electron chi connectivity index (χ4n) is 0.713. The zero-order valence-electron chi connectivity index (χ0n) is 5.65. The van der Waals surface area contributed by atoms with Crippen LogP contribution in [0.1, 0.15) is 10.4 Å². The molecule has 0 aromatic heterocycles. The Bertz CT molecular complexity index is 281. The molecule has 1 atom stereocenters. The summed E-state index contributed by atoms with van der Waals surface area (Å²) in [4.78, 5) is 19.3. The van der Waals surface area contributed by atoms with Gasteiger partial charge in [0.05, 0.1) is 0 Å². The number of carbonyl (C=O) groups excluding carboxylic acids is 1. The second kappa shape index (κ2) is 3.46. The molecule has 0 aliphatic rings. The summed E-state index contributed by atoms with van der Waals surface area (Å²) in [5, 5.41) is 0. The van der Waals surface area contributed by atoms with Crippen molar-refractivity contribution in [3.63, 3.8) is 0 Å². The molecule has 1 aromatic carbocycles. The van der Waals surface area contributed by atoms with E-state index in [0.29, 0.717) is 5.56 Å². The van der Waals surface area contributed by atoms with Crippen LogP contribution >= 0.6 is 8.03 Å². The fourth-order valence-corrected chi connectivity index (χ4v) is 1.13. The van der Waals surface area contributed by atoms with Crippen molar-refractivity contribution in [1.29, 1.82) is 0 Å². The highest BCUT2D eigenvalue weighted by atomic mass is 31.1. The quantitative estimate of drug-likeness (QED) is 0.680. The van der Waals surface area contributed by atoms with Crippen molar-refractivity contribution < 1.29 is 14.3 Å². The van der Waals surface area contributed by atoms with E-state index in [4.69, 9.17) is 4.89 Å². The minimum absolute atomic E-state index is 0.291. The van der Waals surface area contributed by atoms with Gasteiger partial charge < -0.3 is 4.89 Å². The van der Waals surface area contributed by atoms with Crippen molar-refractivity contribution >= 4 is 13.6 Å². The predicted molar refractivity (Wildman–Crippen MR) is 42.0 cm³/mol. The highest BCUT2D eigenvalue weighted by molar-refractivity contribution is 7.59. The summed E-state index contributed by atoms with van der Waals surface area (Å²) in [5.74, 6) is 0. The first kappa shape index (κ1) is 8.18. The number of carbonyl (C=O) groups is 1. The van der Waals surface area contributed by atoms with Crippen molar-refractivity contribution in [2.24, 2.45) is 0 Å². The van der Waals surface area contributed by atoms with Crippen LogP contribution in [0.25, 0.3) is 0 Å². The lowest BCUT2D eigenvalue weighted by Gasteiger charge is -1.93. The molecule has 0 saturated heterocycles. The summed E-state index contributed by atoms with van der Waals surface area (Å²) in [7, 11) is -3.05. The summed E-state index contributed by atoms with van der Waals surface area (Å²) in [5.41, 5.74) is -0.394. The van der Waals surface area contributed by atoms with Crippen LogP contribution in [0.5, 0.6) is 0 Å². The number of benzene rings is 1. The molecular formula is C7H7O3P. The van der Waals surface area contributed by atoms with Crippen LogP contribution in [-0.2, 0) is 4.57 Å². The van der Waals surface area contributed by atoms with Crippen molar-refractivity contribution in [1.82, 2.24) is 0 Å². The Morgan fingerprint density at radius 3 is 2.27 bits per heavy atom. The monoisotopic (exact) mass is 170 g/mol. The minimum Gasteiger partial charge on any atom is -0.341 e. The zero-order chi connectivity index (χ0) is 8.27. The van der Waals surface area contributed by atoms with Crippen LogP contribution in [0.2, 0.25) is 0 Å². The van der Waals surface area contributed by atoms with E-state index in [1.54, 1.807) is 18.2 Å². The summed E-state index contributed by atoms with van der Waals surface area (Å²) in [6.45, 7) is 0. The largest absolute Gasteiger partial charge is 0.341 e. The molecule has 0 radical (unpaired) electrons. The SMILES string of the molecule is O=C(c1ccccc1)[PH](=O)O. The van der Waals surface area contributed by atoms with Crippen molar-refractivity contribution in [2.45, 2.75) is 0 Å². The maximum Gasteiger partial charge on any atom is 0.257 e. The van der Waals surface area contributed by atoms with Gasteiger partial charge in [-0.15, -0.1) is 0 Å². The third-order valence-corrected chi connectivity index (χ3v) is 1.91. The fraction of sp³-hybridized carbons (Fsp3) is 0. The standard InChI is InChI=1S/C7H7O3P/c8-7(11(9)10)6-4-2-1-3-5-6/h1-5,11H,(H,9,10). The molecule has 0 heterocycles. The number of hydrogen-bond donors (Lipinski definition) is 1. The van der Waals surface area contributed by atoms with Crippen molar-refractivity contribution in [2.75, 3.05) is 0 Å². The van der Waals surface area contributed by atoms with Gasteiger partial charge in [-0.2, -0.15) is 0 Å². The molecule has 0 amide bonds. The Kier molecular flexibility index (Phi) is 2.58. The lowest BCUT2D eigenvalue weighted by Crippen LogP contribution is -1.90. The van der Waals surface area contributed by atoms with Crippen LogP contribution < -0.4 is 0 Å². The van der Waals surface area contributed by atoms with Crippen LogP contribution in [-0.4, -0.2) is 10.4 Å². The van der Waals surface area contributed by atoms with E-state index in [2.05, 4.69) is 0 Å². The zero-order valence-corrected chi connectivity index (χ0v) is 6.65. The lowest BCUT2D eigenvalue weighted by atomic mass is 10.2. The molecule has 0 aliphatic heterocycles. The van der Waals surface area contributed by atoms with Gasteiger partial charge in [-0.1, -0.05) is 30.3 Å². The van der Waals surface area contributed by atoms with Crippen molar-refractivity contribution in [3.05, 3.63) is 35.9 Å². The van der Waals surface area contributed by atoms with Crippen molar-refractivity contribution in [3.8, 4) is 0 Å². The Morgan fingerprint density at radius 2 is 1.82 bits per heavy atom. The summed E-state index contributed by atoms with van der Waals surface area (Å²) in [6.07, 6.45) is 0. The Balaban J connectivity index is 2.95. The van der Waals surface area contributed by atoms with Crippen LogP contribution in [0, 0.1) is 0 Å². The molecular weight excluding hydrogens is 163 g/mol. The molecule has 0 bridgehead atoms. The second-order valence-electron chi connectivity index (χ2n) is 2.00. The summed E-state index contributed by atoms with van der Waals surface area (Å²) < 4.78 is 10.3. The molecule has 0 saturated carbocycles. The first-order valence-electron chi connectivity index (χ1n) is 3.04. The van der Waals surface area contributed by atoms with Gasteiger partial charge in [-0.05, 0) is 0 Å². The lowest BCUT2D eigenvalue weighted by molar-refractivity contribution is 0.106. The van der Waals surface area contributed by atoms with E-state index >= 15 is 0 Å². The maximum atomic E-state index is 10.8. The van der Waals surface area contributed by atoms with Gasteiger partial charge in [0.2, 0.25) is 5.52 Å². The highest BCUT2D eigenvalue weighted by Crippen LogP contribution is 2.20. The first-order valence-corrected chi connectivity index (χ1v) is 4.40. The topological polar surface area (TPSA) is 54.4 Å².